The Bertz CT molecular complexity index is 619. The maximum Gasteiger partial charge on any atom is 0.241 e. The number of aliphatic hydroxyl groups excluding tert-OH is 1. The van der Waals surface area contributed by atoms with Gasteiger partial charge in [0.15, 0.2) is 9.84 Å². The average molecular weight is 293 g/mol. The van der Waals surface area contributed by atoms with E-state index >= 15 is 0 Å². The van der Waals surface area contributed by atoms with Gasteiger partial charge in [-0.1, -0.05) is 12.1 Å². The maximum atomic E-state index is 11.9. The molecule has 0 fully saturated rings. The van der Waals surface area contributed by atoms with E-state index in [2.05, 4.69) is 4.72 Å². The lowest BCUT2D eigenvalue weighted by Crippen LogP contribution is -2.31. The molecule has 0 radical (unpaired) electrons. The van der Waals surface area contributed by atoms with Crippen LogP contribution in [-0.2, 0) is 19.9 Å². The van der Waals surface area contributed by atoms with Gasteiger partial charge in [-0.05, 0) is 19.1 Å². The zero-order valence-corrected chi connectivity index (χ0v) is 11.6. The highest BCUT2D eigenvalue weighted by Gasteiger charge is 2.23. The molecule has 1 rings (SSSR count). The van der Waals surface area contributed by atoms with E-state index in [0.29, 0.717) is 0 Å². The second kappa shape index (κ2) is 5.35. The summed E-state index contributed by atoms with van der Waals surface area (Å²) in [5, 5.41) is 9.05. The molecular formula is C10H15NO5S2. The van der Waals surface area contributed by atoms with E-state index in [1.54, 1.807) is 0 Å². The molecule has 0 spiro atoms. The van der Waals surface area contributed by atoms with Gasteiger partial charge in [0.2, 0.25) is 10.0 Å². The summed E-state index contributed by atoms with van der Waals surface area (Å²) >= 11 is 0. The van der Waals surface area contributed by atoms with Crippen LogP contribution in [0.4, 0.5) is 0 Å². The van der Waals surface area contributed by atoms with Crippen molar-refractivity contribution in [1.82, 2.24) is 4.72 Å². The lowest BCUT2D eigenvalue weighted by atomic mass is 10.4. The van der Waals surface area contributed by atoms with Crippen molar-refractivity contribution in [1.29, 1.82) is 0 Å². The Morgan fingerprint density at radius 3 is 2.11 bits per heavy atom. The summed E-state index contributed by atoms with van der Waals surface area (Å²) in [7, 11) is -7.60. The third-order valence-electron chi connectivity index (χ3n) is 2.11. The van der Waals surface area contributed by atoms with Crippen molar-refractivity contribution < 1.29 is 21.9 Å². The second-order valence-corrected chi connectivity index (χ2v) is 7.64. The monoisotopic (exact) mass is 293 g/mol. The number of nitrogens with one attached hydrogen (secondary N) is 1. The van der Waals surface area contributed by atoms with Gasteiger partial charge in [0.05, 0.1) is 11.0 Å². The van der Waals surface area contributed by atoms with Crippen LogP contribution in [0.25, 0.3) is 0 Å². The Labute approximate surface area is 107 Å². The van der Waals surface area contributed by atoms with Crippen LogP contribution in [0.1, 0.15) is 6.92 Å². The molecule has 0 amide bonds. The van der Waals surface area contributed by atoms with Crippen LogP contribution in [0, 0.1) is 0 Å². The Morgan fingerprint density at radius 2 is 1.67 bits per heavy atom. The van der Waals surface area contributed by atoms with Gasteiger partial charge in [-0.25, -0.2) is 21.6 Å². The van der Waals surface area contributed by atoms with Crippen molar-refractivity contribution in [3.05, 3.63) is 24.3 Å². The van der Waals surface area contributed by atoms with Gasteiger partial charge in [-0.15, -0.1) is 0 Å². The predicted octanol–water partition coefficient (Wildman–Crippen LogP) is -0.251. The first kappa shape index (κ1) is 15.1. The van der Waals surface area contributed by atoms with Gasteiger partial charge in [0.25, 0.3) is 0 Å². The molecule has 1 atom stereocenters. The third kappa shape index (κ3) is 3.77. The molecule has 8 heteroatoms. The predicted molar refractivity (Wildman–Crippen MR) is 66.4 cm³/mol. The number of sulfone groups is 1. The number of benzene rings is 1. The number of aliphatic hydroxyl groups is 1. The van der Waals surface area contributed by atoms with Crippen LogP contribution < -0.4 is 4.72 Å². The Morgan fingerprint density at radius 1 is 1.17 bits per heavy atom. The van der Waals surface area contributed by atoms with Crippen LogP contribution in [0.2, 0.25) is 0 Å². The molecule has 0 aliphatic rings. The molecule has 0 aliphatic carbocycles. The van der Waals surface area contributed by atoms with Crippen LogP contribution in [-0.4, -0.2) is 40.8 Å². The maximum absolute atomic E-state index is 11.9. The minimum absolute atomic E-state index is 0.180. The van der Waals surface area contributed by atoms with E-state index in [4.69, 9.17) is 5.11 Å². The summed E-state index contributed by atoms with van der Waals surface area (Å²) in [6.45, 7) is 1.24. The zero-order chi connectivity index (χ0) is 14.0. The Hall–Kier alpha value is -0.960. The quantitative estimate of drug-likeness (QED) is 0.779. The molecule has 0 saturated carbocycles. The van der Waals surface area contributed by atoms with Crippen LogP contribution >= 0.6 is 0 Å². The third-order valence-corrected chi connectivity index (χ3v) is 4.87. The molecule has 1 aromatic rings. The fourth-order valence-corrected chi connectivity index (χ4v) is 4.04. The summed E-state index contributed by atoms with van der Waals surface area (Å²) in [6, 6.07) is 5.32. The summed E-state index contributed by atoms with van der Waals surface area (Å²) in [5.74, 6) is 0. The lowest BCUT2D eigenvalue weighted by molar-refractivity contribution is 0.198. The van der Waals surface area contributed by atoms with E-state index in [9.17, 15) is 16.8 Å². The van der Waals surface area contributed by atoms with E-state index in [-0.39, 0.29) is 16.3 Å². The van der Waals surface area contributed by atoms with Crippen LogP contribution in [0.5, 0.6) is 0 Å². The fraction of sp³-hybridized carbons (Fsp3) is 0.400. The van der Waals surface area contributed by atoms with Gasteiger partial charge in [-0.3, -0.25) is 0 Å². The normalized spacial score (nSPS) is 14.4. The number of hydrogen-bond acceptors (Lipinski definition) is 5. The molecule has 6 nitrogen and oxygen atoms in total. The molecule has 1 aromatic carbocycles. The molecule has 0 heterocycles. The smallest absolute Gasteiger partial charge is 0.241 e. The van der Waals surface area contributed by atoms with E-state index in [1.165, 1.54) is 31.2 Å². The highest BCUT2D eigenvalue weighted by Crippen LogP contribution is 2.20. The van der Waals surface area contributed by atoms with Gasteiger partial charge < -0.3 is 5.11 Å². The summed E-state index contributed by atoms with van der Waals surface area (Å²) in [4.78, 5) is -0.573. The largest absolute Gasteiger partial charge is 0.392 e. The topological polar surface area (TPSA) is 101 Å². The first-order chi connectivity index (χ1) is 8.14. The minimum atomic E-state index is -3.96. The van der Waals surface area contributed by atoms with Crippen molar-refractivity contribution in [2.24, 2.45) is 0 Å². The Balaban J connectivity index is 3.26. The number of hydrogen-bond donors (Lipinski definition) is 2. The van der Waals surface area contributed by atoms with E-state index in [1.807, 2.05) is 0 Å². The fourth-order valence-electron chi connectivity index (χ4n) is 1.29. The van der Waals surface area contributed by atoms with Gasteiger partial charge in [0.1, 0.15) is 4.90 Å². The van der Waals surface area contributed by atoms with Gasteiger partial charge >= 0.3 is 0 Å². The molecule has 18 heavy (non-hydrogen) atoms. The van der Waals surface area contributed by atoms with Crippen molar-refractivity contribution >= 4 is 19.9 Å². The summed E-state index contributed by atoms with van der Waals surface area (Å²) < 4.78 is 49.0. The number of rotatable bonds is 5. The minimum Gasteiger partial charge on any atom is -0.392 e. The average Bonchev–Trinajstić information content (AvgIpc) is 2.25. The highest BCUT2D eigenvalue weighted by molar-refractivity contribution is 7.93. The van der Waals surface area contributed by atoms with Gasteiger partial charge in [0, 0.05) is 12.8 Å². The van der Waals surface area contributed by atoms with Crippen LogP contribution in [0.15, 0.2) is 34.1 Å². The van der Waals surface area contributed by atoms with Crippen molar-refractivity contribution in [3.8, 4) is 0 Å². The van der Waals surface area contributed by atoms with E-state index < -0.39 is 26.0 Å². The van der Waals surface area contributed by atoms with E-state index in [0.717, 1.165) is 6.26 Å². The lowest BCUT2D eigenvalue weighted by Gasteiger charge is -2.11. The van der Waals surface area contributed by atoms with Crippen LogP contribution in [0.3, 0.4) is 0 Å². The van der Waals surface area contributed by atoms with Crippen molar-refractivity contribution in [2.75, 3.05) is 12.8 Å². The molecule has 2 N–H and O–H groups in total. The summed E-state index contributed by atoms with van der Waals surface area (Å²) in [6.07, 6.45) is 0.0842. The van der Waals surface area contributed by atoms with Crippen molar-refractivity contribution in [2.45, 2.75) is 22.8 Å². The van der Waals surface area contributed by atoms with Gasteiger partial charge in [-0.2, -0.15) is 0 Å². The second-order valence-electron chi connectivity index (χ2n) is 3.92. The Kier molecular flexibility index (Phi) is 4.49. The summed E-state index contributed by atoms with van der Waals surface area (Å²) in [5.41, 5.74) is 0. The molecule has 0 bridgehead atoms. The number of sulfonamides is 1. The first-order valence-corrected chi connectivity index (χ1v) is 8.49. The SMILES string of the molecule is C[C@@H](O)CNS(=O)(=O)c1ccccc1S(C)(=O)=O. The molecule has 0 aliphatic heterocycles. The standard InChI is InChI=1S/C10H15NO5S2/c1-8(12)7-11-18(15,16)10-6-4-3-5-9(10)17(2,13)14/h3-6,8,11-12H,7H2,1-2H3/t8-/m1/s1. The molecule has 0 unspecified atom stereocenters. The van der Waals surface area contributed by atoms with Crippen molar-refractivity contribution in [3.63, 3.8) is 0 Å². The highest BCUT2D eigenvalue weighted by atomic mass is 32.2. The molecule has 0 aromatic heterocycles. The molecule has 102 valence electrons. The first-order valence-electron chi connectivity index (χ1n) is 5.11. The molecule has 0 saturated heterocycles. The molecular weight excluding hydrogens is 278 g/mol. The zero-order valence-electron chi connectivity index (χ0n) is 9.99.